The molecule has 76 valence electrons. The molecule has 1 heterocycles. The first kappa shape index (κ1) is 10.1. The van der Waals surface area contributed by atoms with Gasteiger partial charge < -0.3 is 15.2 Å². The largest absolute Gasteiger partial charge is 0.474 e. The van der Waals surface area contributed by atoms with Crippen molar-refractivity contribution in [1.82, 2.24) is 14.8 Å². The SMILES string of the molecule is CC(C)n1c(C(=O)O)nnc1[N+](=O)[O-]. The van der Waals surface area contributed by atoms with Gasteiger partial charge in [0.25, 0.3) is 0 Å². The van der Waals surface area contributed by atoms with Gasteiger partial charge in [-0.05, 0) is 23.9 Å². The Morgan fingerprint density at radius 2 is 2.14 bits per heavy atom. The van der Waals surface area contributed by atoms with Crippen LogP contribution in [0.15, 0.2) is 0 Å². The molecule has 8 nitrogen and oxygen atoms in total. The van der Waals surface area contributed by atoms with E-state index < -0.39 is 22.7 Å². The van der Waals surface area contributed by atoms with Crippen molar-refractivity contribution in [3.05, 3.63) is 15.9 Å². The van der Waals surface area contributed by atoms with Crippen molar-refractivity contribution in [2.45, 2.75) is 19.9 Å². The molecule has 0 atom stereocenters. The van der Waals surface area contributed by atoms with Crippen molar-refractivity contribution in [3.8, 4) is 0 Å². The summed E-state index contributed by atoms with van der Waals surface area (Å²) in [4.78, 5) is 20.3. The summed E-state index contributed by atoms with van der Waals surface area (Å²) in [6, 6.07) is -0.378. The van der Waals surface area contributed by atoms with Gasteiger partial charge in [0.05, 0.1) is 11.1 Å². The van der Waals surface area contributed by atoms with Gasteiger partial charge in [0.15, 0.2) is 0 Å². The highest BCUT2D eigenvalue weighted by Gasteiger charge is 2.29. The number of hydrogen-bond acceptors (Lipinski definition) is 5. The molecule has 0 aromatic carbocycles. The molecule has 8 heteroatoms. The van der Waals surface area contributed by atoms with Crippen LogP contribution in [0, 0.1) is 10.1 Å². The van der Waals surface area contributed by atoms with Crippen LogP contribution in [0.3, 0.4) is 0 Å². The fraction of sp³-hybridized carbons (Fsp3) is 0.500. The molecular formula is C6H8N4O4. The molecule has 0 amide bonds. The van der Waals surface area contributed by atoms with Crippen molar-refractivity contribution >= 4 is 11.9 Å². The first-order valence-corrected chi connectivity index (χ1v) is 3.77. The number of carbonyl (C=O) groups is 1. The highest BCUT2D eigenvalue weighted by Crippen LogP contribution is 2.16. The number of aromatic nitrogens is 3. The molecule has 0 radical (unpaired) electrons. The summed E-state index contributed by atoms with van der Waals surface area (Å²) in [5.41, 5.74) is 0. The fourth-order valence-corrected chi connectivity index (χ4v) is 1.03. The Bertz CT molecular complexity index is 352. The summed E-state index contributed by atoms with van der Waals surface area (Å²) in [5, 5.41) is 25.5. The van der Waals surface area contributed by atoms with E-state index in [2.05, 4.69) is 10.2 Å². The van der Waals surface area contributed by atoms with Gasteiger partial charge in [-0.15, -0.1) is 0 Å². The number of carboxylic acid groups (broad SMARTS) is 1. The average molecular weight is 200 g/mol. The number of hydrogen-bond donors (Lipinski definition) is 1. The standard InChI is InChI=1S/C6H8N4O4/c1-3(2)9-4(5(11)12)7-8-6(9)10(13)14/h3H,1-2H3,(H,11,12). The number of aromatic carboxylic acids is 1. The third-order valence-electron chi connectivity index (χ3n) is 1.55. The molecular weight excluding hydrogens is 192 g/mol. The van der Waals surface area contributed by atoms with Gasteiger partial charge in [0, 0.05) is 0 Å². The lowest BCUT2D eigenvalue weighted by atomic mass is 10.4. The molecule has 0 aliphatic carbocycles. The molecule has 0 aliphatic rings. The lowest BCUT2D eigenvalue weighted by Crippen LogP contribution is -2.13. The third-order valence-corrected chi connectivity index (χ3v) is 1.55. The summed E-state index contributed by atoms with van der Waals surface area (Å²) in [7, 11) is 0. The summed E-state index contributed by atoms with van der Waals surface area (Å²) in [6.45, 7) is 3.23. The predicted octanol–water partition coefficient (Wildman–Crippen LogP) is 0.465. The normalized spacial score (nSPS) is 10.5. The number of rotatable bonds is 3. The molecule has 0 unspecified atom stereocenters. The molecule has 14 heavy (non-hydrogen) atoms. The maximum atomic E-state index is 10.6. The second kappa shape index (κ2) is 3.40. The topological polar surface area (TPSA) is 111 Å². The molecule has 0 bridgehead atoms. The molecule has 0 spiro atoms. The first-order valence-electron chi connectivity index (χ1n) is 3.77. The van der Waals surface area contributed by atoms with Crippen LogP contribution in [-0.2, 0) is 0 Å². The van der Waals surface area contributed by atoms with Crippen LogP contribution < -0.4 is 0 Å². The molecule has 0 aliphatic heterocycles. The van der Waals surface area contributed by atoms with Gasteiger partial charge in [-0.1, -0.05) is 0 Å². The summed E-state index contributed by atoms with van der Waals surface area (Å²) >= 11 is 0. The quantitative estimate of drug-likeness (QED) is 0.560. The molecule has 1 aromatic rings. The number of nitro groups is 1. The maximum absolute atomic E-state index is 10.6. The molecule has 0 fully saturated rings. The van der Waals surface area contributed by atoms with Crippen LogP contribution in [0.1, 0.15) is 30.5 Å². The zero-order valence-corrected chi connectivity index (χ0v) is 7.54. The minimum absolute atomic E-state index is 0.378. The van der Waals surface area contributed by atoms with E-state index in [1.807, 2.05) is 0 Å². The van der Waals surface area contributed by atoms with Gasteiger partial charge in [0.1, 0.15) is 0 Å². The van der Waals surface area contributed by atoms with E-state index >= 15 is 0 Å². The molecule has 1 N–H and O–H groups in total. The van der Waals surface area contributed by atoms with Gasteiger partial charge in [0.2, 0.25) is 0 Å². The van der Waals surface area contributed by atoms with Crippen LogP contribution in [0.25, 0.3) is 0 Å². The molecule has 0 saturated carbocycles. The van der Waals surface area contributed by atoms with Gasteiger partial charge >= 0.3 is 17.7 Å². The van der Waals surface area contributed by atoms with Crippen molar-refractivity contribution in [3.63, 3.8) is 0 Å². The van der Waals surface area contributed by atoms with E-state index in [4.69, 9.17) is 5.11 Å². The summed E-state index contributed by atoms with van der Waals surface area (Å²) in [6.07, 6.45) is 0. The minimum Gasteiger partial charge on any atom is -0.474 e. The Kier molecular flexibility index (Phi) is 2.45. The van der Waals surface area contributed by atoms with E-state index in [1.165, 1.54) is 0 Å². The van der Waals surface area contributed by atoms with E-state index in [-0.39, 0.29) is 6.04 Å². The van der Waals surface area contributed by atoms with Crippen LogP contribution in [0.2, 0.25) is 0 Å². The maximum Gasteiger partial charge on any atom is 0.459 e. The highest BCUT2D eigenvalue weighted by atomic mass is 16.6. The molecule has 1 rings (SSSR count). The fourth-order valence-electron chi connectivity index (χ4n) is 1.03. The second-order valence-corrected chi connectivity index (χ2v) is 2.85. The summed E-state index contributed by atoms with van der Waals surface area (Å²) in [5.74, 6) is -2.32. The van der Waals surface area contributed by atoms with Crippen LogP contribution in [0.4, 0.5) is 5.95 Å². The number of carboxylic acids is 1. The minimum atomic E-state index is -1.33. The zero-order chi connectivity index (χ0) is 10.9. The van der Waals surface area contributed by atoms with Crippen molar-refractivity contribution < 1.29 is 14.8 Å². The Morgan fingerprint density at radius 1 is 1.57 bits per heavy atom. The van der Waals surface area contributed by atoms with Crippen molar-refractivity contribution in [1.29, 1.82) is 0 Å². The monoisotopic (exact) mass is 200 g/mol. The predicted molar refractivity (Wildman–Crippen MR) is 44.0 cm³/mol. The molecule has 0 saturated heterocycles. The second-order valence-electron chi connectivity index (χ2n) is 2.85. The van der Waals surface area contributed by atoms with Crippen molar-refractivity contribution in [2.75, 3.05) is 0 Å². The third kappa shape index (κ3) is 1.53. The van der Waals surface area contributed by atoms with E-state index in [0.717, 1.165) is 4.57 Å². The average Bonchev–Trinajstić information content (AvgIpc) is 2.46. The van der Waals surface area contributed by atoms with Crippen LogP contribution in [-0.4, -0.2) is 30.8 Å². The highest BCUT2D eigenvalue weighted by molar-refractivity contribution is 5.83. The zero-order valence-electron chi connectivity index (χ0n) is 7.54. The van der Waals surface area contributed by atoms with E-state index in [9.17, 15) is 14.9 Å². The Morgan fingerprint density at radius 3 is 2.50 bits per heavy atom. The van der Waals surface area contributed by atoms with Gasteiger partial charge in [-0.25, -0.2) is 4.79 Å². The molecule has 1 aromatic heterocycles. The van der Waals surface area contributed by atoms with Crippen LogP contribution >= 0.6 is 0 Å². The first-order chi connectivity index (χ1) is 6.45. The lowest BCUT2D eigenvalue weighted by molar-refractivity contribution is -0.397. The smallest absolute Gasteiger partial charge is 0.459 e. The van der Waals surface area contributed by atoms with E-state index in [0.29, 0.717) is 0 Å². The lowest BCUT2D eigenvalue weighted by Gasteiger charge is -2.04. The van der Waals surface area contributed by atoms with E-state index in [1.54, 1.807) is 13.8 Å². The Balaban J connectivity index is 3.35. The number of nitrogens with zero attached hydrogens (tertiary/aromatic N) is 4. The van der Waals surface area contributed by atoms with Crippen LogP contribution in [0.5, 0.6) is 0 Å². The van der Waals surface area contributed by atoms with Gasteiger partial charge in [-0.2, -0.15) is 4.57 Å². The van der Waals surface area contributed by atoms with Crippen molar-refractivity contribution in [2.24, 2.45) is 0 Å². The Hall–Kier alpha value is -1.99. The van der Waals surface area contributed by atoms with Gasteiger partial charge in [-0.3, -0.25) is 0 Å². The Labute approximate surface area is 78.3 Å². The summed E-state index contributed by atoms with van der Waals surface area (Å²) < 4.78 is 0.961.